The zero-order valence-corrected chi connectivity index (χ0v) is 23.0. The Hall–Kier alpha value is -3.40. The molecule has 0 radical (unpaired) electrons. The molecule has 198 valence electrons. The fraction of sp³-hybridized carbons (Fsp3) is 0.276. The highest BCUT2D eigenvalue weighted by Gasteiger charge is 2.30. The lowest BCUT2D eigenvalue weighted by molar-refractivity contribution is -0.132. The van der Waals surface area contributed by atoms with Crippen molar-refractivity contribution in [2.75, 3.05) is 19.9 Å². The van der Waals surface area contributed by atoms with Crippen molar-refractivity contribution in [1.29, 1.82) is 0 Å². The van der Waals surface area contributed by atoms with E-state index in [1.54, 1.807) is 34.4 Å². The Kier molecular flexibility index (Phi) is 7.69. The summed E-state index contributed by atoms with van der Waals surface area (Å²) in [6.07, 6.45) is 0. The standard InChI is InChI=1S/C29H30N2O5S2/c1-21(2)16-31(38(33,34)26-11-10-23-6-3-4-7-24(23)15-26)19-29(32)30(18-25-8-5-13-37-25)17-22-9-12-27-28(14-22)36-20-35-27/h3-15,21H,16-20H2,1-2H3. The van der Waals surface area contributed by atoms with Gasteiger partial charge in [0.25, 0.3) is 0 Å². The van der Waals surface area contributed by atoms with Crippen LogP contribution in [-0.2, 0) is 27.9 Å². The number of fused-ring (bicyclic) bond motifs is 2. The van der Waals surface area contributed by atoms with E-state index in [1.807, 2.05) is 73.8 Å². The number of sulfonamides is 1. The molecular formula is C29H30N2O5S2. The maximum absolute atomic E-state index is 13.8. The van der Waals surface area contributed by atoms with Crippen molar-refractivity contribution >= 4 is 38.0 Å². The molecule has 0 atom stereocenters. The monoisotopic (exact) mass is 550 g/mol. The van der Waals surface area contributed by atoms with Gasteiger partial charge in [-0.3, -0.25) is 4.79 Å². The second-order valence-corrected chi connectivity index (χ2v) is 12.7. The zero-order valence-electron chi connectivity index (χ0n) is 21.4. The Labute approximate surface area is 227 Å². The first-order valence-corrected chi connectivity index (χ1v) is 14.8. The van der Waals surface area contributed by atoms with Gasteiger partial charge in [0.2, 0.25) is 22.7 Å². The topological polar surface area (TPSA) is 76.2 Å². The molecule has 2 heterocycles. The zero-order chi connectivity index (χ0) is 26.7. The second-order valence-electron chi connectivity index (χ2n) is 9.72. The molecule has 0 unspecified atom stereocenters. The van der Waals surface area contributed by atoms with Crippen LogP contribution in [0.15, 0.2) is 83.1 Å². The smallest absolute Gasteiger partial charge is 0.243 e. The molecule has 0 saturated heterocycles. The van der Waals surface area contributed by atoms with Crippen LogP contribution in [-0.4, -0.2) is 43.4 Å². The highest BCUT2D eigenvalue weighted by Crippen LogP contribution is 2.33. The molecule has 0 N–H and O–H groups in total. The first-order valence-electron chi connectivity index (χ1n) is 12.5. The van der Waals surface area contributed by atoms with Crippen LogP contribution in [0, 0.1) is 5.92 Å². The predicted molar refractivity (Wildman–Crippen MR) is 149 cm³/mol. The highest BCUT2D eigenvalue weighted by atomic mass is 32.2. The maximum Gasteiger partial charge on any atom is 0.243 e. The molecule has 0 saturated carbocycles. The minimum atomic E-state index is -3.91. The van der Waals surface area contributed by atoms with Crippen molar-refractivity contribution in [3.63, 3.8) is 0 Å². The van der Waals surface area contributed by atoms with Gasteiger partial charge in [0.05, 0.1) is 18.0 Å². The summed E-state index contributed by atoms with van der Waals surface area (Å²) in [4.78, 5) is 16.7. The van der Waals surface area contributed by atoms with Crippen LogP contribution in [0.4, 0.5) is 0 Å². The second kappa shape index (κ2) is 11.1. The summed E-state index contributed by atoms with van der Waals surface area (Å²) in [5, 5.41) is 3.77. The quantitative estimate of drug-likeness (QED) is 0.260. The van der Waals surface area contributed by atoms with Gasteiger partial charge in [0.1, 0.15) is 0 Å². The molecule has 9 heteroatoms. The predicted octanol–water partition coefficient (Wildman–Crippen LogP) is 5.51. The summed E-state index contributed by atoms with van der Waals surface area (Å²) >= 11 is 1.56. The lowest BCUT2D eigenvalue weighted by Gasteiger charge is -2.28. The van der Waals surface area contributed by atoms with E-state index in [9.17, 15) is 13.2 Å². The SMILES string of the molecule is CC(C)CN(CC(=O)N(Cc1ccc2c(c1)OCO2)Cc1cccs1)S(=O)(=O)c1ccc2ccccc2c1. The molecule has 7 nitrogen and oxygen atoms in total. The molecule has 1 aromatic heterocycles. The molecule has 0 spiro atoms. The van der Waals surface area contributed by atoms with Gasteiger partial charge in [-0.15, -0.1) is 11.3 Å². The lowest BCUT2D eigenvalue weighted by atomic mass is 10.1. The van der Waals surface area contributed by atoms with Crippen molar-refractivity contribution in [1.82, 2.24) is 9.21 Å². The molecule has 0 aliphatic carbocycles. The molecular weight excluding hydrogens is 520 g/mol. The molecule has 0 bridgehead atoms. The van der Waals surface area contributed by atoms with E-state index < -0.39 is 10.0 Å². The van der Waals surface area contributed by atoms with E-state index in [-0.39, 0.29) is 36.6 Å². The number of hydrogen-bond acceptors (Lipinski definition) is 6. The number of rotatable bonds is 10. The number of thiophene rings is 1. The number of amides is 1. The van der Waals surface area contributed by atoms with E-state index in [0.717, 1.165) is 21.2 Å². The molecule has 5 rings (SSSR count). The third kappa shape index (κ3) is 5.85. The fourth-order valence-electron chi connectivity index (χ4n) is 4.47. The normalized spacial score (nSPS) is 12.9. The average molecular weight is 551 g/mol. The number of ether oxygens (including phenoxy) is 2. The first kappa shape index (κ1) is 26.2. The first-order chi connectivity index (χ1) is 18.3. The molecule has 1 aliphatic heterocycles. The van der Waals surface area contributed by atoms with Gasteiger partial charge in [0, 0.05) is 18.0 Å². The van der Waals surface area contributed by atoms with Crippen molar-refractivity contribution in [3.8, 4) is 11.5 Å². The molecule has 1 amide bonds. The molecule has 0 fully saturated rings. The van der Waals surface area contributed by atoms with Crippen molar-refractivity contribution in [3.05, 3.63) is 88.6 Å². The van der Waals surface area contributed by atoms with Gasteiger partial charge in [-0.25, -0.2) is 8.42 Å². The third-order valence-corrected chi connectivity index (χ3v) is 9.00. The van der Waals surface area contributed by atoms with Gasteiger partial charge in [-0.05, 0) is 58.0 Å². The van der Waals surface area contributed by atoms with Crippen LogP contribution in [0.1, 0.15) is 24.3 Å². The van der Waals surface area contributed by atoms with Crippen molar-refractivity contribution < 1.29 is 22.7 Å². The summed E-state index contributed by atoms with van der Waals surface area (Å²) in [7, 11) is -3.91. The maximum atomic E-state index is 13.8. The number of benzene rings is 3. The summed E-state index contributed by atoms with van der Waals surface area (Å²) in [5.41, 5.74) is 0.881. The van der Waals surface area contributed by atoms with Gasteiger partial charge in [-0.2, -0.15) is 4.31 Å². The van der Waals surface area contributed by atoms with Crippen LogP contribution in [0.2, 0.25) is 0 Å². The largest absolute Gasteiger partial charge is 0.454 e. The minimum absolute atomic E-state index is 0.0395. The van der Waals surface area contributed by atoms with Crippen LogP contribution in [0.3, 0.4) is 0 Å². The van der Waals surface area contributed by atoms with Gasteiger partial charge >= 0.3 is 0 Å². The van der Waals surface area contributed by atoms with E-state index in [2.05, 4.69) is 0 Å². The van der Waals surface area contributed by atoms with E-state index >= 15 is 0 Å². The fourth-order valence-corrected chi connectivity index (χ4v) is 6.77. The molecule has 1 aliphatic rings. The Morgan fingerprint density at radius 1 is 0.921 bits per heavy atom. The Morgan fingerprint density at radius 3 is 2.47 bits per heavy atom. The van der Waals surface area contributed by atoms with E-state index in [0.29, 0.717) is 24.6 Å². The van der Waals surface area contributed by atoms with E-state index in [1.165, 1.54) is 4.31 Å². The Bertz CT molecular complexity index is 1530. The minimum Gasteiger partial charge on any atom is -0.454 e. The number of carbonyl (C=O) groups is 1. The number of carbonyl (C=O) groups excluding carboxylic acids is 1. The third-order valence-electron chi connectivity index (χ3n) is 6.33. The summed E-state index contributed by atoms with van der Waals surface area (Å²) in [6.45, 7) is 4.76. The highest BCUT2D eigenvalue weighted by molar-refractivity contribution is 7.89. The van der Waals surface area contributed by atoms with E-state index in [4.69, 9.17) is 9.47 Å². The van der Waals surface area contributed by atoms with Gasteiger partial charge in [-0.1, -0.05) is 56.3 Å². The van der Waals surface area contributed by atoms with Crippen LogP contribution >= 0.6 is 11.3 Å². The number of hydrogen-bond donors (Lipinski definition) is 0. The number of nitrogens with zero attached hydrogens (tertiary/aromatic N) is 2. The van der Waals surface area contributed by atoms with Crippen molar-refractivity contribution in [2.45, 2.75) is 31.8 Å². The molecule has 4 aromatic rings. The van der Waals surface area contributed by atoms with Gasteiger partial charge < -0.3 is 14.4 Å². The Morgan fingerprint density at radius 2 is 1.71 bits per heavy atom. The summed E-state index contributed by atoms with van der Waals surface area (Å²) in [6, 6.07) is 22.3. The summed E-state index contributed by atoms with van der Waals surface area (Å²) in [5.74, 6) is 1.10. The van der Waals surface area contributed by atoms with Crippen LogP contribution in [0.25, 0.3) is 10.8 Å². The van der Waals surface area contributed by atoms with Crippen LogP contribution < -0.4 is 9.47 Å². The molecule has 38 heavy (non-hydrogen) atoms. The lowest BCUT2D eigenvalue weighted by Crippen LogP contribution is -2.43. The molecule has 3 aromatic carbocycles. The van der Waals surface area contributed by atoms with Crippen molar-refractivity contribution in [2.24, 2.45) is 5.92 Å². The summed E-state index contributed by atoms with van der Waals surface area (Å²) < 4.78 is 39.8. The van der Waals surface area contributed by atoms with Crippen LogP contribution in [0.5, 0.6) is 11.5 Å². The van der Waals surface area contributed by atoms with Gasteiger partial charge in [0.15, 0.2) is 11.5 Å². The Balaban J connectivity index is 1.42. The average Bonchev–Trinajstić information content (AvgIpc) is 3.59.